The Balaban J connectivity index is 2.27. The van der Waals surface area contributed by atoms with Crippen molar-refractivity contribution in [2.45, 2.75) is 45.6 Å². The van der Waals surface area contributed by atoms with Crippen LogP contribution in [0, 0.1) is 5.92 Å². The summed E-state index contributed by atoms with van der Waals surface area (Å²) < 4.78 is 17.1. The first-order valence-electron chi connectivity index (χ1n) is 8.29. The number of hydrogen-bond donors (Lipinski definition) is 0. The number of allylic oxidation sites excluding steroid dienone is 1. The van der Waals surface area contributed by atoms with E-state index < -0.39 is 5.60 Å². The summed E-state index contributed by atoms with van der Waals surface area (Å²) >= 11 is 6.45. The molecule has 0 bridgehead atoms. The van der Waals surface area contributed by atoms with Gasteiger partial charge in [-0.15, -0.1) is 0 Å². The fourth-order valence-corrected chi connectivity index (χ4v) is 4.36. The van der Waals surface area contributed by atoms with Gasteiger partial charge >= 0.3 is 0 Å². The number of hydrogen-bond acceptors (Lipinski definition) is 4. The van der Waals surface area contributed by atoms with E-state index in [4.69, 9.17) is 25.8 Å². The molecule has 130 valence electrons. The Morgan fingerprint density at radius 1 is 1.33 bits per heavy atom. The van der Waals surface area contributed by atoms with Crippen molar-refractivity contribution in [3.63, 3.8) is 0 Å². The number of ether oxygens (including phenoxy) is 3. The average Bonchev–Trinajstić information content (AvgIpc) is 2.88. The lowest BCUT2D eigenvalue weighted by molar-refractivity contribution is 0.0418. The van der Waals surface area contributed by atoms with Gasteiger partial charge in [0.1, 0.15) is 22.1 Å². The van der Waals surface area contributed by atoms with Crippen molar-refractivity contribution in [3.8, 4) is 17.2 Å². The zero-order chi connectivity index (χ0) is 17.6. The number of halogens is 1. The molecule has 3 rings (SSSR count). The van der Waals surface area contributed by atoms with Crippen LogP contribution in [0.5, 0.6) is 17.2 Å². The first-order chi connectivity index (χ1) is 11.4. The minimum absolute atomic E-state index is 0.0534. The smallest absolute Gasteiger partial charge is 0.218 e. The number of fused-ring (bicyclic) bond motifs is 1. The summed E-state index contributed by atoms with van der Waals surface area (Å²) in [6, 6.07) is 1.65. The van der Waals surface area contributed by atoms with E-state index in [9.17, 15) is 4.79 Å². The number of ketones is 1. The predicted octanol–water partition coefficient (Wildman–Crippen LogP) is 4.83. The maximum Gasteiger partial charge on any atom is 0.218 e. The second-order valence-electron chi connectivity index (χ2n) is 6.52. The number of carbonyl (C=O) groups excluding carboxylic acids is 1. The molecular weight excluding hydrogens is 328 g/mol. The van der Waals surface area contributed by atoms with Gasteiger partial charge in [-0.05, 0) is 31.8 Å². The molecule has 0 unspecified atom stereocenters. The lowest BCUT2D eigenvalue weighted by atomic mass is 9.69. The minimum atomic E-state index is -0.970. The molecule has 1 aliphatic carbocycles. The lowest BCUT2D eigenvalue weighted by Gasteiger charge is -2.40. The third kappa shape index (κ3) is 2.08. The standard InChI is InChI=1S/C19H23ClO4/c1-6-12-10(2)7-8-11(3)19(12)18(21)15-13(22-4)9-14(23-5)16(20)17(15)24-19/h9,11H,6-8H2,1-5H3/t11-,19+/m1/s1. The Labute approximate surface area is 147 Å². The van der Waals surface area contributed by atoms with Gasteiger partial charge in [-0.2, -0.15) is 0 Å². The second-order valence-corrected chi connectivity index (χ2v) is 6.90. The molecule has 1 spiro atoms. The number of Topliss-reactive ketones (excluding diaryl/α,β-unsaturated/α-hetero) is 1. The third-order valence-electron chi connectivity index (χ3n) is 5.38. The first kappa shape index (κ1) is 17.2. The second kappa shape index (κ2) is 5.99. The largest absolute Gasteiger partial charge is 0.496 e. The normalized spacial score (nSPS) is 25.8. The van der Waals surface area contributed by atoms with Crippen molar-refractivity contribution in [3.05, 3.63) is 27.8 Å². The molecule has 0 N–H and O–H groups in total. The summed E-state index contributed by atoms with van der Waals surface area (Å²) in [6.07, 6.45) is 2.67. The number of rotatable bonds is 3. The lowest BCUT2D eigenvalue weighted by Crippen LogP contribution is -2.50. The molecule has 1 aromatic rings. The zero-order valence-corrected chi connectivity index (χ0v) is 15.5. The molecule has 24 heavy (non-hydrogen) atoms. The van der Waals surface area contributed by atoms with Crippen molar-refractivity contribution in [1.29, 1.82) is 0 Å². The summed E-state index contributed by atoms with van der Waals surface area (Å²) in [5, 5.41) is 0.324. The van der Waals surface area contributed by atoms with Gasteiger partial charge in [-0.25, -0.2) is 0 Å². The van der Waals surface area contributed by atoms with Crippen molar-refractivity contribution in [1.82, 2.24) is 0 Å². The fraction of sp³-hybridized carbons (Fsp3) is 0.526. The highest BCUT2D eigenvalue weighted by Gasteiger charge is 2.57. The Kier molecular flexibility index (Phi) is 4.28. The van der Waals surface area contributed by atoms with E-state index >= 15 is 0 Å². The van der Waals surface area contributed by atoms with Crippen LogP contribution in [-0.4, -0.2) is 25.6 Å². The summed E-state index contributed by atoms with van der Waals surface area (Å²) in [7, 11) is 3.07. The van der Waals surface area contributed by atoms with E-state index in [0.29, 0.717) is 27.8 Å². The van der Waals surface area contributed by atoms with Gasteiger partial charge in [0, 0.05) is 12.0 Å². The molecule has 4 nitrogen and oxygen atoms in total. The van der Waals surface area contributed by atoms with Crippen LogP contribution in [0.25, 0.3) is 0 Å². The predicted molar refractivity (Wildman–Crippen MR) is 93.6 cm³/mol. The highest BCUT2D eigenvalue weighted by Crippen LogP contribution is 2.55. The van der Waals surface area contributed by atoms with Gasteiger partial charge in [0.15, 0.2) is 11.4 Å². The maximum absolute atomic E-state index is 13.5. The summed E-state index contributed by atoms with van der Waals surface area (Å²) in [6.45, 7) is 6.23. The molecule has 2 atom stereocenters. The van der Waals surface area contributed by atoms with E-state index in [1.165, 1.54) is 19.8 Å². The van der Waals surface area contributed by atoms with Crippen molar-refractivity contribution >= 4 is 17.4 Å². The van der Waals surface area contributed by atoms with Crippen LogP contribution >= 0.6 is 11.6 Å². The van der Waals surface area contributed by atoms with E-state index in [1.807, 2.05) is 0 Å². The molecule has 0 aromatic heterocycles. The molecular formula is C19H23ClO4. The first-order valence-corrected chi connectivity index (χ1v) is 8.67. The Morgan fingerprint density at radius 3 is 2.58 bits per heavy atom. The molecule has 1 aromatic carbocycles. The molecule has 1 heterocycles. The molecule has 0 saturated heterocycles. The number of benzene rings is 1. The van der Waals surface area contributed by atoms with Crippen LogP contribution in [0.15, 0.2) is 17.2 Å². The SMILES string of the molecule is CCC1=C(C)CC[C@@H](C)[C@]12Oc1c(Cl)c(OC)cc(OC)c1C2=O. The van der Waals surface area contributed by atoms with E-state index in [2.05, 4.69) is 20.8 Å². The maximum atomic E-state index is 13.5. The van der Waals surface area contributed by atoms with E-state index in [0.717, 1.165) is 24.8 Å². The van der Waals surface area contributed by atoms with Gasteiger partial charge in [-0.1, -0.05) is 31.0 Å². The van der Waals surface area contributed by atoms with Crippen LogP contribution in [-0.2, 0) is 0 Å². The molecule has 0 amide bonds. The van der Waals surface area contributed by atoms with Crippen molar-refractivity contribution in [2.24, 2.45) is 5.92 Å². The van der Waals surface area contributed by atoms with Crippen LogP contribution < -0.4 is 14.2 Å². The number of methoxy groups -OCH3 is 2. The quantitative estimate of drug-likeness (QED) is 0.732. The molecule has 5 heteroatoms. The summed E-state index contributed by atoms with van der Waals surface area (Å²) in [5.41, 5.74) is 1.76. The highest BCUT2D eigenvalue weighted by atomic mass is 35.5. The van der Waals surface area contributed by atoms with Crippen LogP contribution in [0.1, 0.15) is 50.4 Å². The van der Waals surface area contributed by atoms with Gasteiger partial charge in [0.25, 0.3) is 0 Å². The molecule has 0 saturated carbocycles. The van der Waals surface area contributed by atoms with Crippen molar-refractivity contribution < 1.29 is 19.0 Å². The Bertz CT molecular complexity index is 737. The van der Waals surface area contributed by atoms with E-state index in [-0.39, 0.29) is 11.7 Å². The molecule has 0 fully saturated rings. The van der Waals surface area contributed by atoms with Gasteiger partial charge in [0.05, 0.1) is 14.2 Å². The van der Waals surface area contributed by atoms with Gasteiger partial charge in [-0.3, -0.25) is 4.79 Å². The minimum Gasteiger partial charge on any atom is -0.496 e. The van der Waals surface area contributed by atoms with E-state index in [1.54, 1.807) is 6.07 Å². The average molecular weight is 351 g/mol. The number of carbonyl (C=O) groups is 1. The van der Waals surface area contributed by atoms with Crippen LogP contribution in [0.4, 0.5) is 0 Å². The highest BCUT2D eigenvalue weighted by molar-refractivity contribution is 6.35. The topological polar surface area (TPSA) is 44.8 Å². The van der Waals surface area contributed by atoms with Gasteiger partial charge < -0.3 is 14.2 Å². The molecule has 1 aliphatic heterocycles. The van der Waals surface area contributed by atoms with Crippen LogP contribution in [0.3, 0.4) is 0 Å². The van der Waals surface area contributed by atoms with Crippen LogP contribution in [0.2, 0.25) is 5.02 Å². The Hall–Kier alpha value is -1.68. The van der Waals surface area contributed by atoms with Crippen molar-refractivity contribution in [2.75, 3.05) is 14.2 Å². The zero-order valence-electron chi connectivity index (χ0n) is 14.8. The molecule has 0 radical (unpaired) electrons. The summed E-state index contributed by atoms with van der Waals surface area (Å²) in [4.78, 5) is 13.5. The molecule has 2 aliphatic rings. The fourth-order valence-electron chi connectivity index (χ4n) is 4.09. The monoisotopic (exact) mass is 350 g/mol. The summed E-state index contributed by atoms with van der Waals surface area (Å²) in [5.74, 6) is 1.29. The Morgan fingerprint density at radius 2 is 2.00 bits per heavy atom. The third-order valence-corrected chi connectivity index (χ3v) is 5.74. The van der Waals surface area contributed by atoms with Gasteiger partial charge in [0.2, 0.25) is 5.78 Å².